The Labute approximate surface area is 164 Å². The number of benzene rings is 2. The van der Waals surface area contributed by atoms with Crippen LogP contribution in [0.2, 0.25) is 10.0 Å². The predicted octanol–water partition coefficient (Wildman–Crippen LogP) is 6.32. The Kier molecular flexibility index (Phi) is 4.84. The van der Waals surface area contributed by atoms with Crippen LogP contribution in [0.1, 0.15) is 0 Å². The number of halogens is 2. The highest BCUT2D eigenvalue weighted by atomic mass is 35.5. The third kappa shape index (κ3) is 3.85. The van der Waals surface area contributed by atoms with Crippen molar-refractivity contribution in [3.8, 4) is 21.1 Å². The van der Waals surface area contributed by atoms with E-state index in [1.807, 2.05) is 60.8 Å². The lowest BCUT2D eigenvalue weighted by molar-refractivity contribution is 1.17. The molecule has 0 saturated carbocycles. The van der Waals surface area contributed by atoms with Gasteiger partial charge in [-0.15, -0.1) is 11.3 Å². The van der Waals surface area contributed by atoms with Crippen molar-refractivity contribution in [1.29, 1.82) is 0 Å². The summed E-state index contributed by atoms with van der Waals surface area (Å²) < 4.78 is 0. The van der Waals surface area contributed by atoms with Crippen LogP contribution in [0.4, 0.5) is 11.6 Å². The number of rotatable bonds is 4. The number of anilines is 2. The van der Waals surface area contributed by atoms with Crippen LogP contribution < -0.4 is 5.32 Å². The summed E-state index contributed by atoms with van der Waals surface area (Å²) in [7, 11) is 0. The second-order valence-corrected chi connectivity index (χ2v) is 7.34. The average Bonchev–Trinajstić information content (AvgIpc) is 3.13. The molecule has 2 aromatic heterocycles. The summed E-state index contributed by atoms with van der Waals surface area (Å²) in [6.07, 6.45) is 3.54. The van der Waals surface area contributed by atoms with E-state index in [1.54, 1.807) is 17.5 Å². The maximum absolute atomic E-state index is 6.01. The van der Waals surface area contributed by atoms with Crippen LogP contribution in [-0.4, -0.2) is 15.0 Å². The SMILES string of the molecule is Clc1ccc(-c2ncc(-c3ccnc(Nc4cccc(Cl)c4)n3)s2)cc1. The van der Waals surface area contributed by atoms with E-state index in [0.717, 1.165) is 26.8 Å². The topological polar surface area (TPSA) is 50.7 Å². The number of nitrogens with zero attached hydrogens (tertiary/aromatic N) is 3. The van der Waals surface area contributed by atoms with Gasteiger partial charge in [0.1, 0.15) is 5.01 Å². The van der Waals surface area contributed by atoms with Crippen LogP contribution in [-0.2, 0) is 0 Å². The molecule has 0 aliphatic heterocycles. The molecule has 2 aromatic carbocycles. The zero-order chi connectivity index (χ0) is 17.9. The minimum atomic E-state index is 0.506. The molecule has 0 amide bonds. The van der Waals surface area contributed by atoms with Crippen molar-refractivity contribution in [3.05, 3.63) is 77.0 Å². The van der Waals surface area contributed by atoms with Gasteiger partial charge in [-0.1, -0.05) is 41.4 Å². The Hall–Kier alpha value is -2.47. The molecular formula is C19H12Cl2N4S. The van der Waals surface area contributed by atoms with Gasteiger partial charge in [-0.05, 0) is 36.4 Å². The maximum Gasteiger partial charge on any atom is 0.227 e. The summed E-state index contributed by atoms with van der Waals surface area (Å²) in [6.45, 7) is 0. The maximum atomic E-state index is 6.01. The lowest BCUT2D eigenvalue weighted by Gasteiger charge is -2.05. The zero-order valence-corrected chi connectivity index (χ0v) is 15.7. The van der Waals surface area contributed by atoms with Crippen molar-refractivity contribution < 1.29 is 0 Å². The number of hydrogen-bond donors (Lipinski definition) is 1. The normalized spacial score (nSPS) is 10.7. The molecule has 2 heterocycles. The highest BCUT2D eigenvalue weighted by molar-refractivity contribution is 7.18. The average molecular weight is 399 g/mol. The third-order valence-electron chi connectivity index (χ3n) is 3.59. The van der Waals surface area contributed by atoms with Crippen molar-refractivity contribution in [3.63, 3.8) is 0 Å². The van der Waals surface area contributed by atoms with E-state index < -0.39 is 0 Å². The molecule has 0 aliphatic rings. The van der Waals surface area contributed by atoms with Crippen LogP contribution in [0.15, 0.2) is 67.0 Å². The van der Waals surface area contributed by atoms with Crippen LogP contribution >= 0.6 is 34.5 Å². The van der Waals surface area contributed by atoms with Gasteiger partial charge in [0.2, 0.25) is 5.95 Å². The highest BCUT2D eigenvalue weighted by Gasteiger charge is 2.09. The van der Waals surface area contributed by atoms with Crippen LogP contribution in [0.5, 0.6) is 0 Å². The van der Waals surface area contributed by atoms with Gasteiger partial charge in [-0.2, -0.15) is 0 Å². The molecule has 0 radical (unpaired) electrons. The van der Waals surface area contributed by atoms with Crippen molar-refractivity contribution >= 4 is 46.2 Å². The largest absolute Gasteiger partial charge is 0.324 e. The molecule has 0 aliphatic carbocycles. The summed E-state index contributed by atoms with van der Waals surface area (Å²) in [5, 5.41) is 5.44. The molecule has 0 saturated heterocycles. The van der Waals surface area contributed by atoms with Crippen molar-refractivity contribution in [2.24, 2.45) is 0 Å². The number of hydrogen-bond acceptors (Lipinski definition) is 5. The molecule has 0 atom stereocenters. The second kappa shape index (κ2) is 7.41. The number of nitrogens with one attached hydrogen (secondary N) is 1. The van der Waals surface area contributed by atoms with E-state index in [4.69, 9.17) is 23.2 Å². The number of aromatic nitrogens is 3. The number of thiazole rings is 1. The molecule has 0 fully saturated rings. The fourth-order valence-corrected chi connectivity index (χ4v) is 3.58. The minimum absolute atomic E-state index is 0.506. The zero-order valence-electron chi connectivity index (χ0n) is 13.4. The summed E-state index contributed by atoms with van der Waals surface area (Å²) in [6, 6.07) is 16.9. The smallest absolute Gasteiger partial charge is 0.227 e. The Morgan fingerprint density at radius 3 is 2.54 bits per heavy atom. The highest BCUT2D eigenvalue weighted by Crippen LogP contribution is 2.32. The monoisotopic (exact) mass is 398 g/mol. The molecule has 0 bridgehead atoms. The Bertz CT molecular complexity index is 1050. The first kappa shape index (κ1) is 17.0. The standard InChI is InChI=1S/C19H12Cl2N4S/c20-13-6-4-12(5-7-13)18-23-11-17(26-18)16-8-9-22-19(25-16)24-15-3-1-2-14(21)10-15/h1-11H,(H,22,24,25). The van der Waals surface area contributed by atoms with Crippen molar-refractivity contribution in [2.75, 3.05) is 5.32 Å². The lowest BCUT2D eigenvalue weighted by Crippen LogP contribution is -1.97. The molecule has 0 unspecified atom stereocenters. The third-order valence-corrected chi connectivity index (χ3v) is 5.14. The minimum Gasteiger partial charge on any atom is -0.324 e. The first-order valence-electron chi connectivity index (χ1n) is 7.75. The summed E-state index contributed by atoms with van der Waals surface area (Å²) in [4.78, 5) is 14.3. The molecule has 0 spiro atoms. The van der Waals surface area contributed by atoms with Gasteiger partial charge in [0.25, 0.3) is 0 Å². The fourth-order valence-electron chi connectivity index (χ4n) is 2.37. The molecule has 26 heavy (non-hydrogen) atoms. The first-order chi connectivity index (χ1) is 12.7. The quantitative estimate of drug-likeness (QED) is 0.436. The predicted molar refractivity (Wildman–Crippen MR) is 108 cm³/mol. The van der Waals surface area contributed by atoms with Crippen LogP contribution in [0.3, 0.4) is 0 Å². The van der Waals surface area contributed by atoms with E-state index in [1.165, 1.54) is 0 Å². The van der Waals surface area contributed by atoms with Gasteiger partial charge in [0, 0.05) is 33.7 Å². The summed E-state index contributed by atoms with van der Waals surface area (Å²) in [5.74, 6) is 0.506. The van der Waals surface area contributed by atoms with E-state index in [9.17, 15) is 0 Å². The van der Waals surface area contributed by atoms with Crippen molar-refractivity contribution in [2.45, 2.75) is 0 Å². The fraction of sp³-hybridized carbons (Fsp3) is 0. The van der Waals surface area contributed by atoms with E-state index in [2.05, 4.69) is 20.3 Å². The molecule has 4 aromatic rings. The van der Waals surface area contributed by atoms with E-state index in [0.29, 0.717) is 16.0 Å². The van der Waals surface area contributed by atoms with E-state index in [-0.39, 0.29) is 0 Å². The van der Waals surface area contributed by atoms with Crippen LogP contribution in [0, 0.1) is 0 Å². The molecule has 4 nitrogen and oxygen atoms in total. The molecule has 7 heteroatoms. The Balaban J connectivity index is 1.59. The lowest BCUT2D eigenvalue weighted by atomic mass is 10.2. The van der Waals surface area contributed by atoms with Gasteiger partial charge in [-0.25, -0.2) is 15.0 Å². The summed E-state index contributed by atoms with van der Waals surface area (Å²) in [5.41, 5.74) is 2.67. The van der Waals surface area contributed by atoms with Gasteiger partial charge >= 0.3 is 0 Å². The molecule has 1 N–H and O–H groups in total. The van der Waals surface area contributed by atoms with E-state index >= 15 is 0 Å². The Morgan fingerprint density at radius 2 is 1.73 bits per heavy atom. The van der Waals surface area contributed by atoms with Gasteiger partial charge in [-0.3, -0.25) is 0 Å². The van der Waals surface area contributed by atoms with Crippen molar-refractivity contribution in [1.82, 2.24) is 15.0 Å². The van der Waals surface area contributed by atoms with Crippen LogP contribution in [0.25, 0.3) is 21.1 Å². The first-order valence-corrected chi connectivity index (χ1v) is 9.32. The second-order valence-electron chi connectivity index (χ2n) is 5.44. The molecule has 4 rings (SSSR count). The van der Waals surface area contributed by atoms with Gasteiger partial charge < -0.3 is 5.32 Å². The van der Waals surface area contributed by atoms with Gasteiger partial charge in [0.15, 0.2) is 0 Å². The van der Waals surface area contributed by atoms with Gasteiger partial charge in [0.05, 0.1) is 10.6 Å². The Morgan fingerprint density at radius 1 is 0.885 bits per heavy atom. The molecular weight excluding hydrogens is 387 g/mol. The summed E-state index contributed by atoms with van der Waals surface area (Å²) >= 11 is 13.5. The molecule has 128 valence electrons.